The molecule has 0 atom stereocenters. The summed E-state index contributed by atoms with van der Waals surface area (Å²) < 4.78 is 6.15. The van der Waals surface area contributed by atoms with Crippen LogP contribution in [0.4, 0.5) is 4.79 Å². The minimum atomic E-state index is -0.485. The molecule has 26 heavy (non-hydrogen) atoms. The second-order valence-corrected chi connectivity index (χ2v) is 9.05. The van der Waals surface area contributed by atoms with E-state index in [2.05, 4.69) is 38.1 Å². The number of carbonyl (C=O) groups is 1. The van der Waals surface area contributed by atoms with E-state index in [9.17, 15) is 4.79 Å². The Labute approximate surface area is 162 Å². The van der Waals surface area contributed by atoms with Gasteiger partial charge in [-0.15, -0.1) is 0 Å². The highest BCUT2D eigenvalue weighted by molar-refractivity contribution is 9.10. The standard InChI is InChI=1S/C19H25BrN4O2/c1-18(2,3)26-17(25)24-19(4)9-7-12(8-10-19)14-11-21-16-13(22-14)5-6-15(20)23-16/h5-6,11-12H,7-10H2,1-4H3,(H,24,25). The van der Waals surface area contributed by atoms with Crippen molar-refractivity contribution in [1.82, 2.24) is 20.3 Å². The van der Waals surface area contributed by atoms with Crippen molar-refractivity contribution in [2.24, 2.45) is 0 Å². The average molecular weight is 421 g/mol. The summed E-state index contributed by atoms with van der Waals surface area (Å²) in [6.07, 6.45) is 5.16. The van der Waals surface area contributed by atoms with E-state index in [4.69, 9.17) is 9.72 Å². The molecule has 0 spiro atoms. The molecule has 2 heterocycles. The third-order valence-electron chi connectivity index (χ3n) is 4.70. The van der Waals surface area contributed by atoms with Crippen LogP contribution >= 0.6 is 15.9 Å². The number of aromatic nitrogens is 3. The molecule has 1 aliphatic carbocycles. The van der Waals surface area contributed by atoms with E-state index in [-0.39, 0.29) is 11.6 Å². The van der Waals surface area contributed by atoms with Gasteiger partial charge in [0.1, 0.15) is 15.7 Å². The molecule has 0 aliphatic heterocycles. The van der Waals surface area contributed by atoms with E-state index in [1.54, 1.807) is 0 Å². The molecule has 6 nitrogen and oxygen atoms in total. The predicted molar refractivity (Wildman–Crippen MR) is 104 cm³/mol. The van der Waals surface area contributed by atoms with E-state index in [1.807, 2.05) is 39.1 Å². The number of rotatable bonds is 2. The third kappa shape index (κ3) is 4.69. The van der Waals surface area contributed by atoms with Crippen molar-refractivity contribution in [3.63, 3.8) is 0 Å². The molecule has 2 aromatic heterocycles. The molecule has 0 aromatic carbocycles. The molecule has 2 aromatic rings. The fraction of sp³-hybridized carbons (Fsp3) is 0.579. The minimum Gasteiger partial charge on any atom is -0.444 e. The van der Waals surface area contributed by atoms with E-state index in [1.165, 1.54) is 0 Å². The lowest BCUT2D eigenvalue weighted by atomic mass is 9.76. The van der Waals surface area contributed by atoms with E-state index >= 15 is 0 Å². The van der Waals surface area contributed by atoms with E-state index in [0.29, 0.717) is 11.6 Å². The first kappa shape index (κ1) is 19.0. The lowest BCUT2D eigenvalue weighted by Crippen LogP contribution is -2.49. The van der Waals surface area contributed by atoms with Gasteiger partial charge in [0.05, 0.1) is 11.9 Å². The van der Waals surface area contributed by atoms with Crippen LogP contribution in [0, 0.1) is 0 Å². The summed E-state index contributed by atoms with van der Waals surface area (Å²) in [7, 11) is 0. The van der Waals surface area contributed by atoms with Crippen LogP contribution < -0.4 is 5.32 Å². The van der Waals surface area contributed by atoms with Gasteiger partial charge in [-0.2, -0.15) is 0 Å². The van der Waals surface area contributed by atoms with Gasteiger partial charge in [-0.1, -0.05) is 0 Å². The van der Waals surface area contributed by atoms with Crippen molar-refractivity contribution in [3.05, 3.63) is 28.6 Å². The number of carbonyl (C=O) groups excluding carboxylic acids is 1. The quantitative estimate of drug-likeness (QED) is 0.710. The van der Waals surface area contributed by atoms with Crippen LogP contribution in [-0.4, -0.2) is 32.2 Å². The Morgan fingerprint density at radius 1 is 1.27 bits per heavy atom. The van der Waals surface area contributed by atoms with E-state index in [0.717, 1.165) is 41.5 Å². The lowest BCUT2D eigenvalue weighted by Gasteiger charge is -2.38. The second-order valence-electron chi connectivity index (χ2n) is 8.23. The van der Waals surface area contributed by atoms with E-state index < -0.39 is 5.60 Å². The molecule has 0 unspecified atom stereocenters. The highest BCUT2D eigenvalue weighted by Crippen LogP contribution is 2.37. The monoisotopic (exact) mass is 420 g/mol. The fourth-order valence-electron chi connectivity index (χ4n) is 3.32. The fourth-order valence-corrected chi connectivity index (χ4v) is 3.62. The highest BCUT2D eigenvalue weighted by Gasteiger charge is 2.34. The van der Waals surface area contributed by atoms with Gasteiger partial charge in [0.2, 0.25) is 0 Å². The topological polar surface area (TPSA) is 77.0 Å². The van der Waals surface area contributed by atoms with Crippen molar-refractivity contribution in [2.75, 3.05) is 0 Å². The molecule has 1 N–H and O–H groups in total. The maximum Gasteiger partial charge on any atom is 0.408 e. The molecule has 1 fully saturated rings. The van der Waals surface area contributed by atoms with Crippen LogP contribution in [0.15, 0.2) is 22.9 Å². The number of hydrogen-bond acceptors (Lipinski definition) is 5. The van der Waals surface area contributed by atoms with Gasteiger partial charge in [0.25, 0.3) is 0 Å². The van der Waals surface area contributed by atoms with Crippen molar-refractivity contribution in [2.45, 2.75) is 70.4 Å². The molecule has 7 heteroatoms. The number of ether oxygens (including phenoxy) is 1. The average Bonchev–Trinajstić information content (AvgIpc) is 2.53. The third-order valence-corrected chi connectivity index (χ3v) is 5.14. The van der Waals surface area contributed by atoms with Gasteiger partial charge in [0, 0.05) is 11.5 Å². The van der Waals surface area contributed by atoms with Crippen molar-refractivity contribution >= 4 is 33.2 Å². The predicted octanol–water partition coefficient (Wildman–Crippen LogP) is 4.73. The maximum absolute atomic E-state index is 12.1. The molecule has 1 saturated carbocycles. The summed E-state index contributed by atoms with van der Waals surface area (Å²) in [5, 5.41) is 3.05. The molecule has 0 bridgehead atoms. The van der Waals surface area contributed by atoms with Crippen LogP contribution in [0.25, 0.3) is 11.2 Å². The first-order chi connectivity index (χ1) is 12.1. The summed E-state index contributed by atoms with van der Waals surface area (Å²) in [4.78, 5) is 25.6. The SMILES string of the molecule is CC1(NC(=O)OC(C)(C)C)CCC(c2cnc3nc(Br)ccc3n2)CC1. The number of alkyl carbamates (subject to hydrolysis) is 1. The molecule has 140 valence electrons. The summed E-state index contributed by atoms with van der Waals surface area (Å²) in [6, 6.07) is 3.81. The number of amides is 1. The summed E-state index contributed by atoms with van der Waals surface area (Å²) in [5.41, 5.74) is 1.74. The molecule has 1 amide bonds. The molecule has 0 radical (unpaired) electrons. The number of halogens is 1. The molecule has 0 saturated heterocycles. The molecule has 1 aliphatic rings. The minimum absolute atomic E-state index is 0.241. The normalized spacial score (nSPS) is 23.7. The van der Waals surface area contributed by atoms with Gasteiger partial charge in [-0.25, -0.2) is 19.7 Å². The van der Waals surface area contributed by atoms with Crippen LogP contribution in [0.2, 0.25) is 0 Å². The zero-order chi connectivity index (χ0) is 18.9. The smallest absolute Gasteiger partial charge is 0.408 e. The molecule has 3 rings (SSSR count). The number of hydrogen-bond donors (Lipinski definition) is 1. The van der Waals surface area contributed by atoms with Gasteiger partial charge in [0.15, 0.2) is 5.65 Å². The van der Waals surface area contributed by atoms with Crippen LogP contribution in [0.3, 0.4) is 0 Å². The Morgan fingerprint density at radius 3 is 2.62 bits per heavy atom. The molecular weight excluding hydrogens is 396 g/mol. The largest absolute Gasteiger partial charge is 0.444 e. The summed E-state index contributed by atoms with van der Waals surface area (Å²) in [6.45, 7) is 7.70. The summed E-state index contributed by atoms with van der Waals surface area (Å²) >= 11 is 3.35. The van der Waals surface area contributed by atoms with Gasteiger partial charge in [-0.05, 0) is 81.4 Å². The van der Waals surface area contributed by atoms with Crippen molar-refractivity contribution in [3.8, 4) is 0 Å². The van der Waals surface area contributed by atoms with Gasteiger partial charge in [-0.3, -0.25) is 0 Å². The Kier molecular flexibility index (Phi) is 5.19. The summed E-state index contributed by atoms with van der Waals surface area (Å²) in [5.74, 6) is 0.351. The van der Waals surface area contributed by atoms with Gasteiger partial charge >= 0.3 is 6.09 Å². The first-order valence-electron chi connectivity index (χ1n) is 8.94. The first-order valence-corrected chi connectivity index (χ1v) is 9.73. The van der Waals surface area contributed by atoms with Crippen LogP contribution in [0.1, 0.15) is 65.0 Å². The second kappa shape index (κ2) is 7.10. The highest BCUT2D eigenvalue weighted by atomic mass is 79.9. The van der Waals surface area contributed by atoms with Crippen molar-refractivity contribution in [1.29, 1.82) is 0 Å². The Bertz CT molecular complexity index is 811. The zero-order valence-corrected chi connectivity index (χ0v) is 17.3. The maximum atomic E-state index is 12.1. The van der Waals surface area contributed by atoms with Gasteiger partial charge < -0.3 is 10.1 Å². The Balaban J connectivity index is 1.64. The number of pyridine rings is 1. The number of nitrogens with zero attached hydrogens (tertiary/aromatic N) is 3. The van der Waals surface area contributed by atoms with Crippen molar-refractivity contribution < 1.29 is 9.53 Å². The van der Waals surface area contributed by atoms with Crippen LogP contribution in [0.5, 0.6) is 0 Å². The number of fused-ring (bicyclic) bond motifs is 1. The number of nitrogens with one attached hydrogen (secondary N) is 1. The van der Waals surface area contributed by atoms with Crippen LogP contribution in [-0.2, 0) is 4.74 Å². The Morgan fingerprint density at radius 2 is 1.96 bits per heavy atom. The zero-order valence-electron chi connectivity index (χ0n) is 15.7. The molecular formula is C19H25BrN4O2. The Hall–Kier alpha value is -1.76. The lowest BCUT2D eigenvalue weighted by molar-refractivity contribution is 0.0434.